The summed E-state index contributed by atoms with van der Waals surface area (Å²) in [5.41, 5.74) is 6.06. The predicted molar refractivity (Wildman–Crippen MR) is 132 cm³/mol. The van der Waals surface area contributed by atoms with E-state index in [-0.39, 0.29) is 6.03 Å². The molecule has 10 heteroatoms. The van der Waals surface area contributed by atoms with Crippen molar-refractivity contribution in [3.8, 4) is 0 Å². The molecule has 1 atom stereocenters. The summed E-state index contributed by atoms with van der Waals surface area (Å²) in [4.78, 5) is 30.4. The molecule has 0 bridgehead atoms. The molecule has 4 N–H and O–H groups in total. The van der Waals surface area contributed by atoms with Crippen molar-refractivity contribution in [1.29, 1.82) is 0 Å². The highest BCUT2D eigenvalue weighted by Gasteiger charge is 2.28. The zero-order chi connectivity index (χ0) is 23.5. The second kappa shape index (κ2) is 13.3. The lowest BCUT2D eigenvalue weighted by Crippen LogP contribution is -2.43. The van der Waals surface area contributed by atoms with Crippen LogP contribution in [-0.2, 0) is 4.74 Å². The van der Waals surface area contributed by atoms with Gasteiger partial charge in [-0.1, -0.05) is 0 Å². The second-order valence-corrected chi connectivity index (χ2v) is 8.76. The standard InChI is InChI=1S/C22H27N5O3S.CH5N/c28-16-19-4-3-18(14-23-19)25-22(29)24-17-5-7-21(8-6-17)31-27-9-1-2-20(27)15-26-10-12-30-13-11-26;1-2/h3-8,14,16,20H,1-2,9-13,15H2,(H2,24,25,29);2H2,1H3. The van der Waals surface area contributed by atoms with E-state index in [1.165, 1.54) is 26.1 Å². The number of hydrogen-bond donors (Lipinski definition) is 3. The molecular weight excluding hydrogens is 440 g/mol. The zero-order valence-corrected chi connectivity index (χ0v) is 19.7. The zero-order valence-electron chi connectivity index (χ0n) is 18.9. The summed E-state index contributed by atoms with van der Waals surface area (Å²) in [5.74, 6) is 0. The number of nitrogens with two attached hydrogens (primary N) is 1. The lowest BCUT2D eigenvalue weighted by atomic mass is 10.2. The normalized spacial score (nSPS) is 18.8. The quantitative estimate of drug-likeness (QED) is 0.417. The summed E-state index contributed by atoms with van der Waals surface area (Å²) in [5, 5.41) is 5.52. The monoisotopic (exact) mass is 472 g/mol. The molecule has 4 rings (SSSR count). The number of amides is 2. The number of pyridine rings is 1. The first-order chi connectivity index (χ1) is 16.2. The van der Waals surface area contributed by atoms with Crippen LogP contribution in [0.2, 0.25) is 0 Å². The van der Waals surface area contributed by atoms with Gasteiger partial charge in [-0.15, -0.1) is 0 Å². The minimum absolute atomic E-state index is 0.323. The molecule has 2 aliphatic heterocycles. The second-order valence-electron chi connectivity index (χ2n) is 7.63. The molecule has 0 radical (unpaired) electrons. The van der Waals surface area contributed by atoms with E-state index in [1.54, 1.807) is 24.1 Å². The Morgan fingerprint density at radius 2 is 1.82 bits per heavy atom. The number of ether oxygens (including phenoxy) is 1. The van der Waals surface area contributed by atoms with Crippen molar-refractivity contribution in [2.45, 2.75) is 23.8 Å². The van der Waals surface area contributed by atoms with Crippen molar-refractivity contribution in [3.05, 3.63) is 48.3 Å². The molecule has 9 nitrogen and oxygen atoms in total. The van der Waals surface area contributed by atoms with Gasteiger partial charge in [0.1, 0.15) is 5.69 Å². The Morgan fingerprint density at radius 3 is 2.48 bits per heavy atom. The average molecular weight is 473 g/mol. The van der Waals surface area contributed by atoms with Crippen molar-refractivity contribution >= 4 is 35.6 Å². The van der Waals surface area contributed by atoms with E-state index >= 15 is 0 Å². The number of hydrogen-bond acceptors (Lipinski definition) is 8. The summed E-state index contributed by atoms with van der Waals surface area (Å²) >= 11 is 1.79. The number of rotatable bonds is 7. The fourth-order valence-corrected chi connectivity index (χ4v) is 4.84. The first kappa shape index (κ1) is 25.1. The maximum Gasteiger partial charge on any atom is 0.323 e. The van der Waals surface area contributed by atoms with Crippen LogP contribution in [-0.4, -0.2) is 79.0 Å². The Hall–Kier alpha value is -2.50. The van der Waals surface area contributed by atoms with Crippen LogP contribution < -0.4 is 16.4 Å². The fourth-order valence-electron chi connectivity index (χ4n) is 3.77. The highest BCUT2D eigenvalue weighted by Crippen LogP contribution is 2.32. The number of benzene rings is 1. The van der Waals surface area contributed by atoms with Crippen LogP contribution in [0.1, 0.15) is 23.3 Å². The largest absolute Gasteiger partial charge is 0.379 e. The molecule has 2 saturated heterocycles. The van der Waals surface area contributed by atoms with Crippen LogP contribution >= 0.6 is 11.9 Å². The summed E-state index contributed by atoms with van der Waals surface area (Å²) in [6.07, 6.45) is 4.57. The summed E-state index contributed by atoms with van der Waals surface area (Å²) in [6.45, 7) is 5.91. The van der Waals surface area contributed by atoms with Gasteiger partial charge in [0.25, 0.3) is 0 Å². The third kappa shape index (κ3) is 7.79. The molecule has 1 aromatic heterocycles. The molecule has 0 aliphatic carbocycles. The first-order valence-corrected chi connectivity index (χ1v) is 11.9. The van der Waals surface area contributed by atoms with Gasteiger partial charge in [-0.3, -0.25) is 14.7 Å². The Morgan fingerprint density at radius 1 is 1.12 bits per heavy atom. The van der Waals surface area contributed by atoms with Gasteiger partial charge in [0.2, 0.25) is 0 Å². The maximum atomic E-state index is 12.2. The van der Waals surface area contributed by atoms with E-state index in [9.17, 15) is 9.59 Å². The Kier molecular flexibility index (Phi) is 10.1. The van der Waals surface area contributed by atoms with E-state index in [2.05, 4.69) is 30.6 Å². The molecule has 2 aliphatic rings. The third-order valence-corrected chi connectivity index (χ3v) is 6.59. The molecule has 0 spiro atoms. The van der Waals surface area contributed by atoms with Gasteiger partial charge in [0, 0.05) is 42.8 Å². The molecule has 3 heterocycles. The molecule has 2 aromatic rings. The number of carbonyl (C=O) groups is 2. The van der Waals surface area contributed by atoms with Crippen molar-refractivity contribution < 1.29 is 14.3 Å². The number of morpholine rings is 1. The van der Waals surface area contributed by atoms with Crippen molar-refractivity contribution in [3.63, 3.8) is 0 Å². The van der Waals surface area contributed by atoms with Crippen LogP contribution in [0, 0.1) is 0 Å². The highest BCUT2D eigenvalue weighted by atomic mass is 32.2. The minimum atomic E-state index is -0.355. The molecule has 33 heavy (non-hydrogen) atoms. The fraction of sp³-hybridized carbons (Fsp3) is 0.435. The Balaban J connectivity index is 0.00000149. The average Bonchev–Trinajstić information content (AvgIpc) is 3.29. The van der Waals surface area contributed by atoms with Gasteiger partial charge in [-0.2, -0.15) is 0 Å². The van der Waals surface area contributed by atoms with Gasteiger partial charge in [-0.05, 0) is 68.2 Å². The molecule has 2 amide bonds. The number of anilines is 2. The van der Waals surface area contributed by atoms with E-state index in [4.69, 9.17) is 4.74 Å². The molecule has 0 saturated carbocycles. The van der Waals surface area contributed by atoms with Gasteiger partial charge in [0.15, 0.2) is 6.29 Å². The third-order valence-electron chi connectivity index (χ3n) is 5.40. The first-order valence-electron chi connectivity index (χ1n) is 11.1. The van der Waals surface area contributed by atoms with Crippen LogP contribution in [0.3, 0.4) is 0 Å². The number of nitrogens with one attached hydrogen (secondary N) is 2. The number of nitrogens with zero attached hydrogens (tertiary/aromatic N) is 3. The lowest BCUT2D eigenvalue weighted by Gasteiger charge is -2.32. The molecule has 2 fully saturated rings. The Bertz CT molecular complexity index is 875. The molecule has 1 aromatic carbocycles. The van der Waals surface area contributed by atoms with Gasteiger partial charge in [0.05, 0.1) is 25.1 Å². The Labute approximate surface area is 199 Å². The smallest absolute Gasteiger partial charge is 0.323 e. The topological polar surface area (TPSA) is 113 Å². The van der Waals surface area contributed by atoms with Crippen LogP contribution in [0.15, 0.2) is 47.5 Å². The number of carbonyl (C=O) groups excluding carboxylic acids is 2. The summed E-state index contributed by atoms with van der Waals surface area (Å²) in [7, 11) is 1.50. The van der Waals surface area contributed by atoms with Crippen molar-refractivity contribution in [2.75, 3.05) is 57.1 Å². The van der Waals surface area contributed by atoms with E-state index in [0.29, 0.717) is 29.4 Å². The van der Waals surface area contributed by atoms with E-state index < -0.39 is 0 Å². The number of aldehydes is 1. The highest BCUT2D eigenvalue weighted by molar-refractivity contribution is 7.97. The van der Waals surface area contributed by atoms with Crippen molar-refractivity contribution in [2.24, 2.45) is 5.73 Å². The number of aromatic nitrogens is 1. The summed E-state index contributed by atoms with van der Waals surface area (Å²) in [6, 6.07) is 11.3. The molecule has 1 unspecified atom stereocenters. The summed E-state index contributed by atoms with van der Waals surface area (Å²) < 4.78 is 7.94. The van der Waals surface area contributed by atoms with Crippen LogP contribution in [0.5, 0.6) is 0 Å². The minimum Gasteiger partial charge on any atom is -0.379 e. The van der Waals surface area contributed by atoms with E-state index in [0.717, 1.165) is 44.3 Å². The lowest BCUT2D eigenvalue weighted by molar-refractivity contribution is 0.0316. The van der Waals surface area contributed by atoms with Crippen LogP contribution in [0.25, 0.3) is 0 Å². The van der Waals surface area contributed by atoms with Crippen LogP contribution in [0.4, 0.5) is 16.2 Å². The van der Waals surface area contributed by atoms with Gasteiger partial charge < -0.3 is 21.1 Å². The van der Waals surface area contributed by atoms with Gasteiger partial charge >= 0.3 is 6.03 Å². The SMILES string of the molecule is CN.O=Cc1ccc(NC(=O)Nc2ccc(SN3CCCC3CN3CCOCC3)cc2)cn1. The molecular formula is C23H32N6O3S. The molecule has 178 valence electrons. The van der Waals surface area contributed by atoms with E-state index in [1.807, 2.05) is 24.3 Å². The van der Waals surface area contributed by atoms with Gasteiger partial charge in [-0.25, -0.2) is 9.10 Å². The van der Waals surface area contributed by atoms with Crippen molar-refractivity contribution in [1.82, 2.24) is 14.2 Å². The maximum absolute atomic E-state index is 12.2. The predicted octanol–water partition coefficient (Wildman–Crippen LogP) is 2.92. The number of urea groups is 1.